The molecule has 0 atom stereocenters. The number of rotatable bonds is 10. The van der Waals surface area contributed by atoms with Crippen molar-refractivity contribution in [3.63, 3.8) is 0 Å². The highest BCUT2D eigenvalue weighted by Crippen LogP contribution is 2.24. The molecule has 2 heterocycles. The maximum Gasteiger partial charge on any atom is 0.261 e. The van der Waals surface area contributed by atoms with E-state index in [4.69, 9.17) is 27.3 Å². The SMILES string of the molecule is C[Si](C)(CCCn1cnc2ccc(Cl)cc2c1=O)O[Si](C)(C)CCCn1cnc2ccc(Cl)cc2c1=O. The monoisotopic (exact) mass is 574 g/mol. The summed E-state index contributed by atoms with van der Waals surface area (Å²) in [4.78, 5) is 34.5. The molecular formula is C26H32Cl2N4O3Si2. The van der Waals surface area contributed by atoms with Crippen LogP contribution in [0.25, 0.3) is 21.8 Å². The van der Waals surface area contributed by atoms with Crippen LogP contribution in [0.5, 0.6) is 0 Å². The minimum absolute atomic E-state index is 0.0664. The molecule has 7 nitrogen and oxygen atoms in total. The van der Waals surface area contributed by atoms with E-state index in [-0.39, 0.29) is 11.1 Å². The predicted molar refractivity (Wildman–Crippen MR) is 157 cm³/mol. The van der Waals surface area contributed by atoms with Gasteiger partial charge in [0.2, 0.25) is 0 Å². The fourth-order valence-corrected chi connectivity index (χ4v) is 13.9. The highest BCUT2D eigenvalue weighted by molar-refractivity contribution is 6.84. The summed E-state index contributed by atoms with van der Waals surface area (Å²) in [5, 5.41) is 2.15. The van der Waals surface area contributed by atoms with E-state index >= 15 is 0 Å². The zero-order valence-corrected chi connectivity index (χ0v) is 25.1. The molecule has 0 unspecified atom stereocenters. The van der Waals surface area contributed by atoms with Crippen LogP contribution < -0.4 is 11.1 Å². The molecular weight excluding hydrogens is 543 g/mol. The molecule has 0 radical (unpaired) electrons. The van der Waals surface area contributed by atoms with E-state index in [1.807, 2.05) is 0 Å². The summed E-state index contributed by atoms with van der Waals surface area (Å²) in [5.74, 6) is 0. The van der Waals surface area contributed by atoms with E-state index in [1.54, 1.807) is 58.2 Å². The summed E-state index contributed by atoms with van der Waals surface area (Å²) >= 11 is 12.1. The van der Waals surface area contributed by atoms with Gasteiger partial charge in [-0.05, 0) is 87.5 Å². The van der Waals surface area contributed by atoms with Crippen LogP contribution in [0.15, 0.2) is 58.6 Å². The maximum atomic E-state index is 12.8. The first-order chi connectivity index (χ1) is 17.4. The van der Waals surface area contributed by atoms with Crippen molar-refractivity contribution in [3.8, 4) is 0 Å². The van der Waals surface area contributed by atoms with Crippen molar-refractivity contribution in [1.29, 1.82) is 0 Å². The zero-order valence-electron chi connectivity index (χ0n) is 21.6. The quantitative estimate of drug-likeness (QED) is 0.207. The lowest BCUT2D eigenvalue weighted by molar-refractivity contribution is 0.516. The zero-order chi connectivity index (χ0) is 26.8. The molecule has 37 heavy (non-hydrogen) atoms. The number of hydrogen-bond donors (Lipinski definition) is 0. The molecule has 0 bridgehead atoms. The van der Waals surface area contributed by atoms with Crippen molar-refractivity contribution >= 4 is 61.6 Å². The third-order valence-electron chi connectivity index (χ3n) is 6.48. The van der Waals surface area contributed by atoms with Gasteiger partial charge in [0.05, 0.1) is 34.5 Å². The Morgan fingerprint density at radius 3 is 1.54 bits per heavy atom. The number of aryl methyl sites for hydroxylation is 2. The second kappa shape index (κ2) is 11.2. The number of benzene rings is 2. The lowest BCUT2D eigenvalue weighted by Gasteiger charge is -2.34. The molecule has 0 spiro atoms. The number of aromatic nitrogens is 4. The molecule has 0 N–H and O–H groups in total. The van der Waals surface area contributed by atoms with Gasteiger partial charge in [0.15, 0.2) is 16.6 Å². The van der Waals surface area contributed by atoms with Crippen LogP contribution in [0.3, 0.4) is 0 Å². The molecule has 0 fully saturated rings. The Morgan fingerprint density at radius 1 is 0.730 bits per heavy atom. The Balaban J connectivity index is 1.31. The van der Waals surface area contributed by atoms with Gasteiger partial charge in [-0.1, -0.05) is 23.2 Å². The lowest BCUT2D eigenvalue weighted by Crippen LogP contribution is -2.44. The minimum Gasteiger partial charge on any atom is -0.455 e. The van der Waals surface area contributed by atoms with Crippen LogP contribution in [0.1, 0.15) is 12.8 Å². The first-order valence-electron chi connectivity index (χ1n) is 12.4. The van der Waals surface area contributed by atoms with Gasteiger partial charge in [-0.25, -0.2) is 9.97 Å². The normalized spacial score (nSPS) is 12.5. The largest absolute Gasteiger partial charge is 0.455 e. The molecule has 0 aliphatic heterocycles. The number of hydrogen-bond acceptors (Lipinski definition) is 5. The Hall–Kier alpha value is -2.31. The summed E-state index contributed by atoms with van der Waals surface area (Å²) in [6.07, 6.45) is 4.92. The van der Waals surface area contributed by atoms with E-state index < -0.39 is 16.6 Å². The minimum atomic E-state index is -1.95. The van der Waals surface area contributed by atoms with Crippen molar-refractivity contribution < 1.29 is 4.12 Å². The summed E-state index contributed by atoms with van der Waals surface area (Å²) < 4.78 is 10.1. The molecule has 2 aromatic carbocycles. The molecule has 0 saturated heterocycles. The summed E-state index contributed by atoms with van der Waals surface area (Å²) in [6.45, 7) is 10.2. The highest BCUT2D eigenvalue weighted by Gasteiger charge is 2.32. The smallest absolute Gasteiger partial charge is 0.261 e. The number of halogens is 2. The van der Waals surface area contributed by atoms with Crippen LogP contribution >= 0.6 is 23.2 Å². The molecule has 0 aliphatic carbocycles. The van der Waals surface area contributed by atoms with Crippen LogP contribution in [0.4, 0.5) is 0 Å². The van der Waals surface area contributed by atoms with Gasteiger partial charge >= 0.3 is 0 Å². The van der Waals surface area contributed by atoms with Crippen LogP contribution in [0, 0.1) is 0 Å². The maximum absolute atomic E-state index is 12.8. The molecule has 11 heteroatoms. The van der Waals surface area contributed by atoms with Gasteiger partial charge in [0.1, 0.15) is 0 Å². The van der Waals surface area contributed by atoms with Gasteiger partial charge in [0, 0.05) is 23.1 Å². The van der Waals surface area contributed by atoms with E-state index in [1.165, 1.54) is 0 Å². The summed E-state index contributed by atoms with van der Waals surface area (Å²) in [5.41, 5.74) is 1.18. The Bertz CT molecular complexity index is 1440. The average molecular weight is 576 g/mol. The Labute approximate surface area is 228 Å². The van der Waals surface area contributed by atoms with Crippen molar-refractivity contribution in [1.82, 2.24) is 19.1 Å². The van der Waals surface area contributed by atoms with Crippen LogP contribution in [0.2, 0.25) is 48.3 Å². The van der Waals surface area contributed by atoms with Gasteiger partial charge < -0.3 is 4.12 Å². The fraction of sp³-hybridized carbons (Fsp3) is 0.385. The van der Waals surface area contributed by atoms with Crippen molar-refractivity contribution in [3.05, 3.63) is 79.8 Å². The average Bonchev–Trinajstić information content (AvgIpc) is 2.82. The topological polar surface area (TPSA) is 79.0 Å². The first kappa shape index (κ1) is 27.7. The molecule has 196 valence electrons. The molecule has 0 aliphatic rings. The third kappa shape index (κ3) is 6.97. The molecule has 0 amide bonds. The van der Waals surface area contributed by atoms with Gasteiger partial charge in [-0.3, -0.25) is 18.7 Å². The second-order valence-corrected chi connectivity index (χ2v) is 20.4. The van der Waals surface area contributed by atoms with Crippen molar-refractivity contribution in [2.75, 3.05) is 0 Å². The van der Waals surface area contributed by atoms with E-state index in [9.17, 15) is 9.59 Å². The van der Waals surface area contributed by atoms with E-state index in [0.29, 0.717) is 44.9 Å². The molecule has 4 aromatic rings. The summed E-state index contributed by atoms with van der Waals surface area (Å²) in [7, 11) is -3.89. The third-order valence-corrected chi connectivity index (χ3v) is 14.5. The van der Waals surface area contributed by atoms with E-state index in [0.717, 1.165) is 24.9 Å². The first-order valence-corrected chi connectivity index (χ1v) is 19.4. The predicted octanol–water partition coefficient (Wildman–Crippen LogP) is 6.32. The van der Waals surface area contributed by atoms with Crippen LogP contribution in [-0.2, 0) is 17.2 Å². The van der Waals surface area contributed by atoms with Crippen molar-refractivity contribution in [2.45, 2.75) is 64.2 Å². The highest BCUT2D eigenvalue weighted by atomic mass is 35.5. The number of fused-ring (bicyclic) bond motifs is 2. The fourth-order valence-electron chi connectivity index (χ4n) is 4.78. The van der Waals surface area contributed by atoms with Gasteiger partial charge in [-0.2, -0.15) is 0 Å². The van der Waals surface area contributed by atoms with Gasteiger partial charge in [-0.15, -0.1) is 0 Å². The second-order valence-electron chi connectivity index (χ2n) is 10.6. The van der Waals surface area contributed by atoms with Gasteiger partial charge in [0.25, 0.3) is 11.1 Å². The van der Waals surface area contributed by atoms with Crippen LogP contribution in [-0.4, -0.2) is 35.7 Å². The lowest BCUT2D eigenvalue weighted by atomic mass is 10.2. The molecule has 2 aromatic heterocycles. The molecule has 4 rings (SSSR count). The number of nitrogens with zero attached hydrogens (tertiary/aromatic N) is 4. The molecule has 0 saturated carbocycles. The Morgan fingerprint density at radius 2 is 1.14 bits per heavy atom. The van der Waals surface area contributed by atoms with Crippen molar-refractivity contribution in [2.24, 2.45) is 0 Å². The van der Waals surface area contributed by atoms with E-state index in [2.05, 4.69) is 36.2 Å². The Kier molecular flexibility index (Phi) is 8.39. The summed E-state index contributed by atoms with van der Waals surface area (Å²) in [6, 6.07) is 12.3. The standard InChI is InChI=1S/C26H32Cl2N4O3Si2/c1-36(2,13-5-11-31-17-29-23-9-7-19(27)15-21(23)25(31)33)35-37(3,4)14-6-12-32-18-30-24-10-8-20(28)16-22(24)26(32)34/h7-10,15-18H,5-6,11-14H2,1-4H3.